The lowest BCUT2D eigenvalue weighted by Gasteiger charge is -2.27. The van der Waals surface area contributed by atoms with Gasteiger partial charge < -0.3 is 9.47 Å². The molecule has 0 saturated carbocycles. The summed E-state index contributed by atoms with van der Waals surface area (Å²) in [7, 11) is 0. The lowest BCUT2D eigenvalue weighted by atomic mass is 9.85. The van der Waals surface area contributed by atoms with Crippen molar-refractivity contribution in [3.63, 3.8) is 0 Å². The number of fused-ring (bicyclic) bond motifs is 3. The topological polar surface area (TPSA) is 35.5 Å². The molecule has 0 amide bonds. The molecule has 108 valence electrons. The van der Waals surface area contributed by atoms with Crippen LogP contribution in [0.3, 0.4) is 0 Å². The Morgan fingerprint density at radius 1 is 1.35 bits per heavy atom. The summed E-state index contributed by atoms with van der Waals surface area (Å²) in [4.78, 5) is 11.7. The Bertz CT molecular complexity index is 583. The van der Waals surface area contributed by atoms with Crippen molar-refractivity contribution in [1.29, 1.82) is 0 Å². The molecule has 7 heteroatoms. The minimum absolute atomic E-state index is 0.0231. The van der Waals surface area contributed by atoms with Crippen LogP contribution in [0, 0.1) is 5.82 Å². The highest BCUT2D eigenvalue weighted by Crippen LogP contribution is 2.53. The number of hydrogen-bond donors (Lipinski definition) is 0. The highest BCUT2D eigenvalue weighted by Gasteiger charge is 2.63. The zero-order valence-corrected chi connectivity index (χ0v) is 10.3. The maximum atomic E-state index is 13.9. The summed E-state index contributed by atoms with van der Waals surface area (Å²) in [6, 6.07) is 3.81. The maximum absolute atomic E-state index is 13.9. The minimum Gasteiger partial charge on any atom is -0.424 e. The third-order valence-corrected chi connectivity index (χ3v) is 3.79. The van der Waals surface area contributed by atoms with E-state index in [-0.39, 0.29) is 11.3 Å². The maximum Gasteiger partial charge on any atom is 0.417 e. The smallest absolute Gasteiger partial charge is 0.417 e. The van der Waals surface area contributed by atoms with E-state index in [0.29, 0.717) is 0 Å². The van der Waals surface area contributed by atoms with Crippen molar-refractivity contribution in [1.82, 2.24) is 0 Å². The predicted molar refractivity (Wildman–Crippen MR) is 58.7 cm³/mol. The fraction of sp³-hybridized carbons (Fsp3) is 0.462. The number of alkyl halides is 3. The number of rotatable bonds is 0. The van der Waals surface area contributed by atoms with Crippen LogP contribution in [-0.2, 0) is 9.53 Å². The Balaban J connectivity index is 2.08. The molecule has 3 nitrogen and oxygen atoms in total. The van der Waals surface area contributed by atoms with Crippen molar-refractivity contribution in [2.24, 2.45) is 0 Å². The molecule has 1 aromatic rings. The van der Waals surface area contributed by atoms with Crippen LogP contribution in [0.5, 0.6) is 5.75 Å². The Morgan fingerprint density at radius 2 is 2.05 bits per heavy atom. The number of hydrogen-bond acceptors (Lipinski definition) is 3. The van der Waals surface area contributed by atoms with Crippen LogP contribution in [0.2, 0.25) is 0 Å². The van der Waals surface area contributed by atoms with Crippen molar-refractivity contribution in [2.45, 2.75) is 37.1 Å². The van der Waals surface area contributed by atoms with Crippen molar-refractivity contribution in [2.75, 3.05) is 0 Å². The van der Waals surface area contributed by atoms with Crippen LogP contribution in [-0.4, -0.2) is 23.9 Å². The van der Waals surface area contributed by atoms with E-state index in [1.165, 1.54) is 12.1 Å². The van der Waals surface area contributed by atoms with Gasteiger partial charge >= 0.3 is 12.1 Å². The first-order valence-electron chi connectivity index (χ1n) is 5.97. The van der Waals surface area contributed by atoms with Crippen LogP contribution >= 0.6 is 0 Å². The average molecular weight is 290 g/mol. The van der Waals surface area contributed by atoms with E-state index in [1.807, 2.05) is 0 Å². The van der Waals surface area contributed by atoms with E-state index >= 15 is 0 Å². The average Bonchev–Trinajstić information content (AvgIpc) is 2.68. The van der Waals surface area contributed by atoms with E-state index in [4.69, 9.17) is 9.47 Å². The molecule has 0 unspecified atom stereocenters. The van der Waals surface area contributed by atoms with E-state index in [1.54, 1.807) is 0 Å². The van der Waals surface area contributed by atoms with Crippen LogP contribution in [0.15, 0.2) is 18.2 Å². The van der Waals surface area contributed by atoms with Gasteiger partial charge in [0.15, 0.2) is 11.7 Å². The molecule has 1 fully saturated rings. The number of carbonyl (C=O) groups excluding carboxylic acids is 1. The van der Waals surface area contributed by atoms with Crippen LogP contribution < -0.4 is 4.74 Å². The summed E-state index contributed by atoms with van der Waals surface area (Å²) >= 11 is 0. The predicted octanol–water partition coefficient (Wildman–Crippen LogP) is 2.94. The van der Waals surface area contributed by atoms with E-state index in [9.17, 15) is 22.4 Å². The van der Waals surface area contributed by atoms with E-state index < -0.39 is 42.0 Å². The van der Waals surface area contributed by atoms with Gasteiger partial charge in [-0.25, -0.2) is 9.18 Å². The molecule has 20 heavy (non-hydrogen) atoms. The molecule has 2 aliphatic rings. The van der Waals surface area contributed by atoms with Gasteiger partial charge in [-0.05, 0) is 25.5 Å². The number of carbonyl (C=O) groups is 1. The van der Waals surface area contributed by atoms with Gasteiger partial charge in [0.2, 0.25) is 0 Å². The normalized spacial score (nSPS) is 32.5. The second-order valence-electron chi connectivity index (χ2n) is 5.15. The molecular weight excluding hydrogens is 280 g/mol. The van der Waals surface area contributed by atoms with Gasteiger partial charge in [0.1, 0.15) is 11.6 Å². The summed E-state index contributed by atoms with van der Waals surface area (Å²) in [5, 5.41) is 0. The van der Waals surface area contributed by atoms with Crippen LogP contribution in [0.4, 0.5) is 17.6 Å². The van der Waals surface area contributed by atoms with E-state index in [0.717, 1.165) is 13.0 Å². The molecule has 0 aromatic heterocycles. The summed E-state index contributed by atoms with van der Waals surface area (Å²) in [5.74, 6) is -2.63. The first kappa shape index (κ1) is 13.4. The first-order chi connectivity index (χ1) is 9.23. The zero-order valence-electron chi connectivity index (χ0n) is 10.3. The molecule has 2 heterocycles. The fourth-order valence-corrected chi connectivity index (χ4v) is 2.72. The molecule has 0 radical (unpaired) electrons. The molecule has 0 aliphatic carbocycles. The number of halogens is 4. The molecule has 0 spiro atoms. The summed E-state index contributed by atoms with van der Waals surface area (Å²) in [6.45, 7) is 0.860. The van der Waals surface area contributed by atoms with Gasteiger partial charge in [-0.2, -0.15) is 13.2 Å². The molecule has 0 bridgehead atoms. The second kappa shape index (κ2) is 3.94. The molecule has 1 saturated heterocycles. The largest absolute Gasteiger partial charge is 0.424 e. The number of esters is 1. The lowest BCUT2D eigenvalue weighted by molar-refractivity contribution is -0.263. The highest BCUT2D eigenvalue weighted by molar-refractivity contribution is 5.82. The van der Waals surface area contributed by atoms with Gasteiger partial charge in [-0.1, -0.05) is 6.07 Å². The lowest BCUT2D eigenvalue weighted by Crippen LogP contribution is -2.43. The van der Waals surface area contributed by atoms with Gasteiger partial charge in [0.25, 0.3) is 0 Å². The van der Waals surface area contributed by atoms with Gasteiger partial charge in [-0.3, -0.25) is 0 Å². The van der Waals surface area contributed by atoms with Crippen molar-refractivity contribution >= 4 is 5.97 Å². The molecule has 3 rings (SSSR count). The van der Waals surface area contributed by atoms with Crippen LogP contribution in [0.1, 0.15) is 24.8 Å². The first-order valence-corrected chi connectivity index (χ1v) is 5.97. The monoisotopic (exact) mass is 290 g/mol. The second-order valence-corrected chi connectivity index (χ2v) is 5.15. The Morgan fingerprint density at radius 3 is 2.70 bits per heavy atom. The molecule has 0 N–H and O–H groups in total. The quantitative estimate of drug-likeness (QED) is 0.419. The summed E-state index contributed by atoms with van der Waals surface area (Å²) in [6.07, 6.45) is -6.58. The zero-order chi connectivity index (χ0) is 14.7. The Kier molecular flexibility index (Phi) is 2.63. The van der Waals surface area contributed by atoms with Crippen molar-refractivity contribution < 1.29 is 31.8 Å². The van der Waals surface area contributed by atoms with Crippen molar-refractivity contribution in [3.05, 3.63) is 29.6 Å². The van der Waals surface area contributed by atoms with Crippen LogP contribution in [0.25, 0.3) is 0 Å². The van der Waals surface area contributed by atoms with Gasteiger partial charge in [0, 0.05) is 11.5 Å². The molecule has 3 atom stereocenters. The summed E-state index contributed by atoms with van der Waals surface area (Å²) in [5.41, 5.74) is -2.50. The van der Waals surface area contributed by atoms with Gasteiger partial charge in [-0.15, -0.1) is 0 Å². The summed E-state index contributed by atoms with van der Waals surface area (Å²) < 4.78 is 62.6. The van der Waals surface area contributed by atoms with E-state index in [2.05, 4.69) is 0 Å². The Labute approximate surface area is 111 Å². The number of benzene rings is 1. The molecule has 2 aliphatic heterocycles. The number of ether oxygens (including phenoxy) is 2. The third kappa shape index (κ3) is 1.72. The fourth-order valence-electron chi connectivity index (χ4n) is 2.72. The minimum atomic E-state index is -4.64. The van der Waals surface area contributed by atoms with Crippen molar-refractivity contribution in [3.8, 4) is 5.75 Å². The Hall–Kier alpha value is -1.63. The third-order valence-electron chi connectivity index (χ3n) is 3.79. The molecular formula is C13H10F4O3. The highest BCUT2D eigenvalue weighted by atomic mass is 19.4. The standard InChI is InChI=1S/C13H10F4O3/c1-12(13(15,16)17)5-6-9-7(14)3-2-4-8(9)19-11(18)10(6)20-12/h2-4,6,10H,5H2,1H3/t6-,10-,12+/m0/s1. The SMILES string of the molecule is C[C@]1(C(F)(F)F)C[C@H]2c3c(F)cccc3OC(=O)[C@H]2O1. The molecule has 1 aromatic carbocycles. The van der Waals surface area contributed by atoms with Gasteiger partial charge in [0.05, 0.1) is 0 Å².